The Morgan fingerprint density at radius 2 is 2.18 bits per heavy atom. The number of rotatable bonds is 5. The van der Waals surface area contributed by atoms with Crippen LogP contribution in [0.5, 0.6) is 0 Å². The fourth-order valence-corrected chi connectivity index (χ4v) is 1.62. The Balaban J connectivity index is 2.55. The van der Waals surface area contributed by atoms with E-state index in [1.54, 1.807) is 13.8 Å². The van der Waals surface area contributed by atoms with Crippen LogP contribution in [-0.4, -0.2) is 15.0 Å². The standard InChI is InChI=1S/C10H15N3O3S/c1-10(2,6-11)7-13-5-8-3-4-9(16-8)17(12,14)15/h3-4,13H,5,7H2,1-2H3,(H2,12,14,15). The molecule has 0 spiro atoms. The van der Waals surface area contributed by atoms with Crippen molar-refractivity contribution in [2.45, 2.75) is 25.5 Å². The molecule has 0 saturated carbocycles. The minimum absolute atomic E-state index is 0.256. The molecule has 0 amide bonds. The van der Waals surface area contributed by atoms with E-state index in [-0.39, 0.29) is 5.09 Å². The molecule has 0 aromatic carbocycles. The average molecular weight is 257 g/mol. The summed E-state index contributed by atoms with van der Waals surface area (Å²) in [6.07, 6.45) is 0. The van der Waals surface area contributed by atoms with Gasteiger partial charge in [-0.25, -0.2) is 13.6 Å². The van der Waals surface area contributed by atoms with Crippen LogP contribution < -0.4 is 10.5 Å². The van der Waals surface area contributed by atoms with Crippen LogP contribution in [-0.2, 0) is 16.6 Å². The van der Waals surface area contributed by atoms with E-state index in [4.69, 9.17) is 14.8 Å². The fourth-order valence-electron chi connectivity index (χ4n) is 1.14. The Labute approximate surface area is 100 Å². The highest BCUT2D eigenvalue weighted by Gasteiger charge is 2.17. The summed E-state index contributed by atoms with van der Waals surface area (Å²) in [5.74, 6) is 0.461. The summed E-state index contributed by atoms with van der Waals surface area (Å²) in [6, 6.07) is 4.99. The highest BCUT2D eigenvalue weighted by atomic mass is 32.2. The molecule has 0 aliphatic carbocycles. The summed E-state index contributed by atoms with van der Waals surface area (Å²) < 4.78 is 26.9. The van der Waals surface area contributed by atoms with Crippen LogP contribution >= 0.6 is 0 Å². The first-order valence-corrected chi connectivity index (χ1v) is 6.53. The SMILES string of the molecule is CC(C)(C#N)CNCc1ccc(S(N)(=O)=O)o1. The van der Waals surface area contributed by atoms with E-state index >= 15 is 0 Å². The van der Waals surface area contributed by atoms with Gasteiger partial charge in [0.05, 0.1) is 18.0 Å². The van der Waals surface area contributed by atoms with Crippen molar-refractivity contribution in [2.24, 2.45) is 10.6 Å². The van der Waals surface area contributed by atoms with Gasteiger partial charge in [0.15, 0.2) is 0 Å². The van der Waals surface area contributed by atoms with Crippen molar-refractivity contribution in [1.29, 1.82) is 5.26 Å². The Morgan fingerprint density at radius 1 is 1.53 bits per heavy atom. The number of hydrogen-bond donors (Lipinski definition) is 2. The van der Waals surface area contributed by atoms with Crippen molar-refractivity contribution in [3.8, 4) is 6.07 Å². The van der Waals surface area contributed by atoms with Crippen LogP contribution in [0.1, 0.15) is 19.6 Å². The molecule has 0 saturated heterocycles. The van der Waals surface area contributed by atoms with Crippen LogP contribution in [0, 0.1) is 16.7 Å². The van der Waals surface area contributed by atoms with E-state index in [0.717, 1.165) is 0 Å². The third-order valence-corrected chi connectivity index (χ3v) is 2.87. The van der Waals surface area contributed by atoms with Gasteiger partial charge in [0, 0.05) is 6.54 Å². The quantitative estimate of drug-likeness (QED) is 0.801. The van der Waals surface area contributed by atoms with Crippen LogP contribution in [0.4, 0.5) is 0 Å². The fraction of sp³-hybridized carbons (Fsp3) is 0.500. The third-order valence-electron chi connectivity index (χ3n) is 2.09. The Kier molecular flexibility index (Phi) is 3.93. The van der Waals surface area contributed by atoms with Crippen LogP contribution in [0.25, 0.3) is 0 Å². The molecule has 0 aliphatic heterocycles. The molecule has 0 atom stereocenters. The van der Waals surface area contributed by atoms with Gasteiger partial charge in [0.2, 0.25) is 5.09 Å². The zero-order chi connectivity index (χ0) is 13.1. The molecule has 0 aliphatic rings. The highest BCUT2D eigenvalue weighted by molar-refractivity contribution is 7.89. The number of hydrogen-bond acceptors (Lipinski definition) is 5. The third kappa shape index (κ3) is 4.19. The summed E-state index contributed by atoms with van der Waals surface area (Å²) in [7, 11) is -3.79. The molecule has 0 radical (unpaired) electrons. The van der Waals surface area contributed by atoms with Gasteiger partial charge >= 0.3 is 0 Å². The number of nitrogens with two attached hydrogens (primary N) is 1. The van der Waals surface area contributed by atoms with Gasteiger partial charge in [0.25, 0.3) is 10.0 Å². The molecular weight excluding hydrogens is 242 g/mol. The maximum atomic E-state index is 10.9. The summed E-state index contributed by atoms with van der Waals surface area (Å²) in [4.78, 5) is 0. The molecule has 6 nitrogen and oxygen atoms in total. The van der Waals surface area contributed by atoms with E-state index in [0.29, 0.717) is 18.8 Å². The second-order valence-electron chi connectivity index (χ2n) is 4.36. The number of sulfonamides is 1. The van der Waals surface area contributed by atoms with Crippen molar-refractivity contribution < 1.29 is 12.8 Å². The molecular formula is C10H15N3O3S. The van der Waals surface area contributed by atoms with Crippen LogP contribution in [0.15, 0.2) is 21.6 Å². The molecule has 7 heteroatoms. The number of nitrogens with one attached hydrogen (secondary N) is 1. The first kappa shape index (κ1) is 13.7. The second kappa shape index (κ2) is 4.87. The second-order valence-corrected chi connectivity index (χ2v) is 5.86. The lowest BCUT2D eigenvalue weighted by molar-refractivity contribution is 0.382. The van der Waals surface area contributed by atoms with Gasteiger partial charge in [-0.1, -0.05) is 0 Å². The van der Waals surface area contributed by atoms with Crippen LogP contribution in [0.3, 0.4) is 0 Å². The van der Waals surface area contributed by atoms with Gasteiger partial charge in [-0.2, -0.15) is 5.26 Å². The first-order chi connectivity index (χ1) is 7.74. The summed E-state index contributed by atoms with van der Waals surface area (Å²) in [5.41, 5.74) is -0.477. The molecule has 0 unspecified atom stereocenters. The number of nitriles is 1. The zero-order valence-corrected chi connectivity index (χ0v) is 10.5. The molecule has 1 rings (SSSR count). The van der Waals surface area contributed by atoms with Gasteiger partial charge in [-0.15, -0.1) is 0 Å². The maximum Gasteiger partial charge on any atom is 0.271 e. The van der Waals surface area contributed by atoms with Crippen molar-refractivity contribution in [1.82, 2.24) is 5.32 Å². The lowest BCUT2D eigenvalue weighted by atomic mass is 9.96. The van der Waals surface area contributed by atoms with E-state index in [9.17, 15) is 8.42 Å². The Bertz CT molecular complexity index is 525. The lowest BCUT2D eigenvalue weighted by Gasteiger charge is -2.14. The normalized spacial score (nSPS) is 12.4. The average Bonchev–Trinajstić information content (AvgIpc) is 2.66. The molecule has 1 heterocycles. The monoisotopic (exact) mass is 257 g/mol. The maximum absolute atomic E-state index is 10.9. The summed E-state index contributed by atoms with van der Waals surface area (Å²) in [6.45, 7) is 4.44. The lowest BCUT2D eigenvalue weighted by Crippen LogP contribution is -2.27. The minimum atomic E-state index is -3.79. The minimum Gasteiger partial charge on any atom is -0.447 e. The number of nitrogens with zero attached hydrogens (tertiary/aromatic N) is 1. The molecule has 0 fully saturated rings. The first-order valence-electron chi connectivity index (χ1n) is 4.98. The predicted molar refractivity (Wildman–Crippen MR) is 61.2 cm³/mol. The summed E-state index contributed by atoms with van der Waals surface area (Å²) >= 11 is 0. The molecule has 0 bridgehead atoms. The van der Waals surface area contributed by atoms with E-state index in [1.165, 1.54) is 12.1 Å². The van der Waals surface area contributed by atoms with Crippen molar-refractivity contribution >= 4 is 10.0 Å². The van der Waals surface area contributed by atoms with Crippen molar-refractivity contribution in [3.05, 3.63) is 17.9 Å². The van der Waals surface area contributed by atoms with E-state index in [2.05, 4.69) is 11.4 Å². The van der Waals surface area contributed by atoms with E-state index in [1.807, 2.05) is 0 Å². The smallest absolute Gasteiger partial charge is 0.271 e. The van der Waals surface area contributed by atoms with E-state index < -0.39 is 15.4 Å². The van der Waals surface area contributed by atoms with Gasteiger partial charge < -0.3 is 9.73 Å². The van der Waals surface area contributed by atoms with Crippen molar-refractivity contribution in [2.75, 3.05) is 6.54 Å². The number of primary sulfonamides is 1. The predicted octanol–water partition coefficient (Wildman–Crippen LogP) is 0.566. The largest absolute Gasteiger partial charge is 0.447 e. The highest BCUT2D eigenvalue weighted by Crippen LogP contribution is 2.14. The van der Waals surface area contributed by atoms with Crippen molar-refractivity contribution in [3.63, 3.8) is 0 Å². The zero-order valence-electron chi connectivity index (χ0n) is 9.73. The van der Waals surface area contributed by atoms with Crippen LogP contribution in [0.2, 0.25) is 0 Å². The summed E-state index contributed by atoms with van der Waals surface area (Å²) in [5, 5.41) is 16.4. The topological polar surface area (TPSA) is 109 Å². The van der Waals surface area contributed by atoms with Gasteiger partial charge in [-0.05, 0) is 26.0 Å². The van der Waals surface area contributed by atoms with Gasteiger partial charge in [0.1, 0.15) is 5.76 Å². The molecule has 1 aromatic heterocycles. The number of furan rings is 1. The molecule has 94 valence electrons. The molecule has 3 N–H and O–H groups in total. The Hall–Kier alpha value is -1.36. The van der Waals surface area contributed by atoms with Gasteiger partial charge in [-0.3, -0.25) is 0 Å². The Morgan fingerprint density at radius 3 is 2.65 bits per heavy atom. The molecule has 1 aromatic rings. The molecule has 17 heavy (non-hydrogen) atoms.